The number of likely N-dealkylation sites (tertiary alicyclic amines) is 1. The molecule has 0 bridgehead atoms. The Morgan fingerprint density at radius 3 is 2.26 bits per heavy atom. The lowest BCUT2D eigenvalue weighted by atomic mass is 9.94. The van der Waals surface area contributed by atoms with Crippen molar-refractivity contribution in [2.24, 2.45) is 5.92 Å². The molecule has 0 spiro atoms. The third kappa shape index (κ3) is 5.78. The third-order valence-corrected chi connectivity index (χ3v) is 5.59. The molecule has 1 aromatic carbocycles. The van der Waals surface area contributed by atoms with Gasteiger partial charge in [-0.1, -0.05) is 6.07 Å². The molecule has 0 aliphatic carbocycles. The van der Waals surface area contributed by atoms with Crippen LogP contribution in [-0.2, 0) is 14.3 Å². The lowest BCUT2D eigenvalue weighted by Gasteiger charge is -2.39. The molecule has 2 fully saturated rings. The maximum Gasteiger partial charge on any atom is 0.313 e. The highest BCUT2D eigenvalue weighted by Crippen LogP contribution is 2.22. The van der Waals surface area contributed by atoms with E-state index in [9.17, 15) is 9.59 Å². The second-order valence-electron chi connectivity index (χ2n) is 7.86. The second-order valence-corrected chi connectivity index (χ2v) is 7.86. The Morgan fingerprint density at radius 2 is 1.63 bits per heavy atom. The average molecular weight is 373 g/mol. The molecule has 0 aromatic heterocycles. The minimum Gasteiger partial charge on any atom is -0.381 e. The molecule has 148 valence electrons. The number of piperidine rings is 1. The van der Waals surface area contributed by atoms with Gasteiger partial charge in [0.05, 0.1) is 0 Å². The van der Waals surface area contributed by atoms with Gasteiger partial charge < -0.3 is 20.3 Å². The SMILES string of the molecule is Cc1cc(C)cc(NC(=O)C(=O)NCC2CCN(C3CCOCC3)CC2)c1. The Balaban J connectivity index is 1.39. The van der Waals surface area contributed by atoms with Crippen molar-refractivity contribution >= 4 is 17.5 Å². The van der Waals surface area contributed by atoms with E-state index < -0.39 is 11.8 Å². The van der Waals surface area contributed by atoms with Crippen LogP contribution in [0.5, 0.6) is 0 Å². The number of rotatable bonds is 4. The van der Waals surface area contributed by atoms with Crippen LogP contribution in [-0.4, -0.2) is 55.6 Å². The molecule has 2 saturated heterocycles. The lowest BCUT2D eigenvalue weighted by molar-refractivity contribution is -0.136. The minimum absolute atomic E-state index is 0.444. The van der Waals surface area contributed by atoms with Crippen molar-refractivity contribution in [1.29, 1.82) is 0 Å². The number of carbonyl (C=O) groups excluding carboxylic acids is 2. The Hall–Kier alpha value is -1.92. The van der Waals surface area contributed by atoms with Gasteiger partial charge in [0.25, 0.3) is 0 Å². The number of carbonyl (C=O) groups is 2. The number of benzene rings is 1. The van der Waals surface area contributed by atoms with Crippen LogP contribution in [0.3, 0.4) is 0 Å². The van der Waals surface area contributed by atoms with E-state index in [-0.39, 0.29) is 0 Å². The summed E-state index contributed by atoms with van der Waals surface area (Å²) in [5.74, 6) is -0.709. The first kappa shape index (κ1) is 19.8. The summed E-state index contributed by atoms with van der Waals surface area (Å²) in [5.41, 5.74) is 2.78. The number of anilines is 1. The van der Waals surface area contributed by atoms with Crippen LogP contribution in [0.15, 0.2) is 18.2 Å². The van der Waals surface area contributed by atoms with Crippen molar-refractivity contribution in [2.45, 2.75) is 45.6 Å². The van der Waals surface area contributed by atoms with Crippen molar-refractivity contribution in [1.82, 2.24) is 10.2 Å². The average Bonchev–Trinajstić information content (AvgIpc) is 2.66. The van der Waals surface area contributed by atoms with Gasteiger partial charge in [0.15, 0.2) is 0 Å². The van der Waals surface area contributed by atoms with Gasteiger partial charge in [-0.25, -0.2) is 0 Å². The topological polar surface area (TPSA) is 70.7 Å². The molecule has 1 aromatic rings. The van der Waals surface area contributed by atoms with Crippen LogP contribution in [0.1, 0.15) is 36.8 Å². The first-order valence-electron chi connectivity index (χ1n) is 10.0. The molecular weight excluding hydrogens is 342 g/mol. The lowest BCUT2D eigenvalue weighted by Crippen LogP contribution is -2.46. The molecule has 0 atom stereocenters. The van der Waals surface area contributed by atoms with Crippen LogP contribution < -0.4 is 10.6 Å². The number of nitrogens with zero attached hydrogens (tertiary/aromatic N) is 1. The quantitative estimate of drug-likeness (QED) is 0.794. The van der Waals surface area contributed by atoms with E-state index in [0.717, 1.165) is 63.1 Å². The third-order valence-electron chi connectivity index (χ3n) is 5.59. The summed E-state index contributed by atoms with van der Waals surface area (Å²) < 4.78 is 5.44. The van der Waals surface area contributed by atoms with Crippen LogP contribution >= 0.6 is 0 Å². The monoisotopic (exact) mass is 373 g/mol. The number of amides is 2. The molecule has 0 saturated carbocycles. The van der Waals surface area contributed by atoms with Crippen molar-refractivity contribution in [3.8, 4) is 0 Å². The van der Waals surface area contributed by atoms with E-state index in [2.05, 4.69) is 15.5 Å². The largest absolute Gasteiger partial charge is 0.381 e. The van der Waals surface area contributed by atoms with Gasteiger partial charge in [-0.05, 0) is 81.8 Å². The summed E-state index contributed by atoms with van der Waals surface area (Å²) in [6.07, 6.45) is 4.38. The van der Waals surface area contributed by atoms with Crippen molar-refractivity contribution in [2.75, 3.05) is 38.2 Å². The van der Waals surface area contributed by atoms with E-state index in [1.54, 1.807) is 0 Å². The fourth-order valence-corrected chi connectivity index (χ4v) is 4.12. The van der Waals surface area contributed by atoms with E-state index >= 15 is 0 Å². The summed E-state index contributed by atoms with van der Waals surface area (Å²) in [7, 11) is 0. The molecule has 0 radical (unpaired) electrons. The molecule has 2 aliphatic rings. The molecule has 2 heterocycles. The molecule has 2 aliphatic heterocycles. The fraction of sp³-hybridized carbons (Fsp3) is 0.619. The standard InChI is InChI=1S/C21H31N3O3/c1-15-11-16(2)13-18(12-15)23-21(26)20(25)22-14-17-3-7-24(8-4-17)19-5-9-27-10-6-19/h11-13,17,19H,3-10,14H2,1-2H3,(H,22,25)(H,23,26). The predicted molar refractivity (Wildman–Crippen MR) is 106 cm³/mol. The number of nitrogens with one attached hydrogen (secondary N) is 2. The van der Waals surface area contributed by atoms with E-state index in [0.29, 0.717) is 24.2 Å². The zero-order valence-corrected chi connectivity index (χ0v) is 16.4. The normalized spacial score (nSPS) is 19.6. The summed E-state index contributed by atoms with van der Waals surface area (Å²) in [4.78, 5) is 26.8. The highest BCUT2D eigenvalue weighted by molar-refractivity contribution is 6.39. The number of aryl methyl sites for hydroxylation is 2. The minimum atomic E-state index is -0.598. The maximum atomic E-state index is 12.1. The van der Waals surface area contributed by atoms with Crippen molar-refractivity contribution in [3.63, 3.8) is 0 Å². The van der Waals surface area contributed by atoms with Gasteiger partial charge in [0.1, 0.15) is 0 Å². The smallest absolute Gasteiger partial charge is 0.313 e. The molecule has 6 nitrogen and oxygen atoms in total. The van der Waals surface area contributed by atoms with Gasteiger partial charge in [-0.2, -0.15) is 0 Å². The van der Waals surface area contributed by atoms with Crippen LogP contribution in [0.2, 0.25) is 0 Å². The van der Waals surface area contributed by atoms with E-state index in [1.807, 2.05) is 32.0 Å². The molecule has 3 rings (SSSR count). The zero-order valence-electron chi connectivity index (χ0n) is 16.4. The summed E-state index contributed by atoms with van der Waals surface area (Å²) >= 11 is 0. The first-order valence-corrected chi connectivity index (χ1v) is 10.0. The fourth-order valence-electron chi connectivity index (χ4n) is 4.12. The summed E-state index contributed by atoms with van der Waals surface area (Å²) in [5, 5.41) is 5.50. The molecule has 27 heavy (non-hydrogen) atoms. The zero-order chi connectivity index (χ0) is 19.2. The Morgan fingerprint density at radius 1 is 1.00 bits per heavy atom. The molecule has 6 heteroatoms. The second kappa shape index (κ2) is 9.33. The van der Waals surface area contributed by atoms with Gasteiger partial charge in [-0.3, -0.25) is 9.59 Å². The highest BCUT2D eigenvalue weighted by Gasteiger charge is 2.27. The van der Waals surface area contributed by atoms with Crippen LogP contribution in [0.25, 0.3) is 0 Å². The Bertz CT molecular complexity index is 642. The maximum absolute atomic E-state index is 12.1. The summed E-state index contributed by atoms with van der Waals surface area (Å²) in [6, 6.07) is 6.41. The van der Waals surface area contributed by atoms with Crippen molar-refractivity contribution in [3.05, 3.63) is 29.3 Å². The van der Waals surface area contributed by atoms with Crippen LogP contribution in [0.4, 0.5) is 5.69 Å². The first-order chi connectivity index (χ1) is 13.0. The van der Waals surface area contributed by atoms with Crippen molar-refractivity contribution < 1.29 is 14.3 Å². The van der Waals surface area contributed by atoms with E-state index in [4.69, 9.17) is 4.74 Å². The Labute approximate surface area is 161 Å². The van der Waals surface area contributed by atoms with E-state index in [1.165, 1.54) is 0 Å². The molecular formula is C21H31N3O3. The van der Waals surface area contributed by atoms with Gasteiger partial charge >= 0.3 is 11.8 Å². The molecule has 0 unspecified atom stereocenters. The Kier molecular flexibility index (Phi) is 6.85. The highest BCUT2D eigenvalue weighted by atomic mass is 16.5. The van der Waals surface area contributed by atoms with Gasteiger partial charge in [0, 0.05) is 31.5 Å². The number of hydrogen-bond acceptors (Lipinski definition) is 4. The molecule has 2 N–H and O–H groups in total. The number of ether oxygens (including phenoxy) is 1. The number of hydrogen-bond donors (Lipinski definition) is 2. The predicted octanol–water partition coefficient (Wildman–Crippen LogP) is 2.25. The van der Waals surface area contributed by atoms with Crippen LogP contribution in [0, 0.1) is 19.8 Å². The molecule has 2 amide bonds. The van der Waals surface area contributed by atoms with Gasteiger partial charge in [0.2, 0.25) is 0 Å². The van der Waals surface area contributed by atoms with Gasteiger partial charge in [-0.15, -0.1) is 0 Å². The summed E-state index contributed by atoms with van der Waals surface area (Å²) in [6.45, 7) is 8.39.